The zero-order valence-corrected chi connectivity index (χ0v) is 11.4. The van der Waals surface area contributed by atoms with Crippen LogP contribution < -0.4 is 0 Å². The standard InChI is InChI=1S/C12H14ClN3S/c1-3-15-11(14-16(4-2)12(15)17)9-5-7-10(13)8-6-9/h5-8H,3-4H2,1-2H3. The fourth-order valence-electron chi connectivity index (χ4n) is 1.74. The Labute approximate surface area is 111 Å². The molecule has 3 nitrogen and oxygen atoms in total. The van der Waals surface area contributed by atoms with Crippen molar-refractivity contribution >= 4 is 23.8 Å². The van der Waals surface area contributed by atoms with Gasteiger partial charge in [-0.2, -0.15) is 5.10 Å². The van der Waals surface area contributed by atoms with E-state index in [1.807, 2.05) is 40.4 Å². The first-order chi connectivity index (χ1) is 8.17. The number of aryl methyl sites for hydroxylation is 1. The third kappa shape index (κ3) is 2.28. The van der Waals surface area contributed by atoms with Crippen molar-refractivity contribution in [2.24, 2.45) is 0 Å². The van der Waals surface area contributed by atoms with Crippen molar-refractivity contribution < 1.29 is 0 Å². The first-order valence-electron chi connectivity index (χ1n) is 5.61. The maximum absolute atomic E-state index is 5.88. The van der Waals surface area contributed by atoms with Gasteiger partial charge in [0.05, 0.1) is 0 Å². The Kier molecular flexibility index (Phi) is 3.64. The Balaban J connectivity index is 2.58. The van der Waals surface area contributed by atoms with Crippen LogP contribution in [-0.4, -0.2) is 14.3 Å². The molecule has 0 fully saturated rings. The molecule has 0 N–H and O–H groups in total. The summed E-state index contributed by atoms with van der Waals surface area (Å²) in [6, 6.07) is 7.66. The molecule has 2 rings (SSSR count). The zero-order valence-electron chi connectivity index (χ0n) is 9.85. The molecule has 90 valence electrons. The smallest absolute Gasteiger partial charge is 0.198 e. The Morgan fingerprint density at radius 3 is 2.35 bits per heavy atom. The Morgan fingerprint density at radius 2 is 1.82 bits per heavy atom. The lowest BCUT2D eigenvalue weighted by atomic mass is 10.2. The average molecular weight is 268 g/mol. The maximum Gasteiger partial charge on any atom is 0.198 e. The highest BCUT2D eigenvalue weighted by Gasteiger charge is 2.10. The topological polar surface area (TPSA) is 22.8 Å². The van der Waals surface area contributed by atoms with Crippen LogP contribution >= 0.6 is 23.8 Å². The van der Waals surface area contributed by atoms with Crippen molar-refractivity contribution in [3.63, 3.8) is 0 Å². The summed E-state index contributed by atoms with van der Waals surface area (Å²) in [5, 5.41) is 5.26. The minimum absolute atomic E-state index is 0.727. The Bertz CT molecular complexity index is 568. The Morgan fingerprint density at radius 1 is 1.18 bits per heavy atom. The van der Waals surface area contributed by atoms with E-state index in [1.54, 1.807) is 0 Å². The van der Waals surface area contributed by atoms with Gasteiger partial charge in [-0.1, -0.05) is 11.6 Å². The second kappa shape index (κ2) is 5.02. The summed E-state index contributed by atoms with van der Waals surface area (Å²) < 4.78 is 4.63. The fraction of sp³-hybridized carbons (Fsp3) is 0.333. The summed E-state index contributed by atoms with van der Waals surface area (Å²) in [7, 11) is 0. The monoisotopic (exact) mass is 267 g/mol. The van der Waals surface area contributed by atoms with E-state index >= 15 is 0 Å². The molecule has 0 amide bonds. The lowest BCUT2D eigenvalue weighted by molar-refractivity contribution is 0.633. The molecule has 0 unspecified atom stereocenters. The van der Waals surface area contributed by atoms with Crippen LogP contribution in [0, 0.1) is 4.77 Å². The first-order valence-corrected chi connectivity index (χ1v) is 6.39. The van der Waals surface area contributed by atoms with Gasteiger partial charge in [-0.05, 0) is 50.3 Å². The molecule has 5 heteroatoms. The Hall–Kier alpha value is -1.13. The highest BCUT2D eigenvalue weighted by molar-refractivity contribution is 7.71. The molecule has 0 radical (unpaired) electrons. The third-order valence-electron chi connectivity index (χ3n) is 2.64. The van der Waals surface area contributed by atoms with Crippen LogP contribution in [0.4, 0.5) is 0 Å². The highest BCUT2D eigenvalue weighted by Crippen LogP contribution is 2.20. The normalized spacial score (nSPS) is 10.8. The van der Waals surface area contributed by atoms with Crippen LogP contribution in [0.25, 0.3) is 11.4 Å². The predicted octanol–water partition coefficient (Wildman–Crippen LogP) is 3.77. The number of benzene rings is 1. The summed E-state index contributed by atoms with van der Waals surface area (Å²) in [4.78, 5) is 0. The van der Waals surface area contributed by atoms with Gasteiger partial charge < -0.3 is 4.57 Å². The van der Waals surface area contributed by atoms with Gasteiger partial charge in [0.1, 0.15) is 0 Å². The van der Waals surface area contributed by atoms with E-state index in [2.05, 4.69) is 12.0 Å². The van der Waals surface area contributed by atoms with Gasteiger partial charge in [0.15, 0.2) is 10.6 Å². The summed E-state index contributed by atoms with van der Waals surface area (Å²) in [6.45, 7) is 5.70. The van der Waals surface area contributed by atoms with Crippen molar-refractivity contribution in [1.82, 2.24) is 14.3 Å². The molecular formula is C12H14ClN3S. The van der Waals surface area contributed by atoms with Crippen molar-refractivity contribution in [3.8, 4) is 11.4 Å². The van der Waals surface area contributed by atoms with E-state index in [-0.39, 0.29) is 0 Å². The van der Waals surface area contributed by atoms with Crippen LogP contribution in [0.3, 0.4) is 0 Å². The molecule has 0 aliphatic heterocycles. The van der Waals surface area contributed by atoms with Crippen molar-refractivity contribution in [2.45, 2.75) is 26.9 Å². The van der Waals surface area contributed by atoms with Crippen LogP contribution in [-0.2, 0) is 13.1 Å². The molecule has 0 atom stereocenters. The highest BCUT2D eigenvalue weighted by atomic mass is 35.5. The molecule has 1 aromatic heterocycles. The molecular weight excluding hydrogens is 254 g/mol. The van der Waals surface area contributed by atoms with E-state index < -0.39 is 0 Å². The SMILES string of the molecule is CCn1nc(-c2ccc(Cl)cc2)n(CC)c1=S. The van der Waals surface area contributed by atoms with Gasteiger partial charge in [0, 0.05) is 23.7 Å². The molecule has 1 heterocycles. The second-order valence-corrected chi connectivity index (χ2v) is 4.47. The van der Waals surface area contributed by atoms with Gasteiger partial charge in [0.2, 0.25) is 0 Å². The van der Waals surface area contributed by atoms with Crippen LogP contribution in [0.5, 0.6) is 0 Å². The van der Waals surface area contributed by atoms with Gasteiger partial charge >= 0.3 is 0 Å². The van der Waals surface area contributed by atoms with Gasteiger partial charge in [-0.15, -0.1) is 0 Å². The lowest BCUT2D eigenvalue weighted by Gasteiger charge is -2.02. The molecule has 0 saturated heterocycles. The van der Waals surface area contributed by atoms with E-state index in [1.165, 1.54) is 0 Å². The molecule has 0 saturated carbocycles. The van der Waals surface area contributed by atoms with Crippen molar-refractivity contribution in [1.29, 1.82) is 0 Å². The quantitative estimate of drug-likeness (QED) is 0.790. The van der Waals surface area contributed by atoms with E-state index in [0.29, 0.717) is 0 Å². The molecule has 0 aliphatic rings. The third-order valence-corrected chi connectivity index (χ3v) is 3.32. The summed E-state index contributed by atoms with van der Waals surface area (Å²) in [6.07, 6.45) is 0. The van der Waals surface area contributed by atoms with E-state index in [0.717, 1.165) is 34.3 Å². The van der Waals surface area contributed by atoms with Crippen molar-refractivity contribution in [3.05, 3.63) is 34.1 Å². The van der Waals surface area contributed by atoms with Crippen molar-refractivity contribution in [2.75, 3.05) is 0 Å². The molecule has 1 aromatic carbocycles. The van der Waals surface area contributed by atoms with Gasteiger partial charge in [0.25, 0.3) is 0 Å². The molecule has 0 spiro atoms. The second-order valence-electron chi connectivity index (χ2n) is 3.67. The zero-order chi connectivity index (χ0) is 12.4. The average Bonchev–Trinajstić information content (AvgIpc) is 2.66. The van der Waals surface area contributed by atoms with Gasteiger partial charge in [-0.3, -0.25) is 0 Å². The van der Waals surface area contributed by atoms with Crippen LogP contribution in [0.1, 0.15) is 13.8 Å². The number of rotatable bonds is 3. The minimum Gasteiger partial charge on any atom is -0.300 e. The molecule has 0 bridgehead atoms. The molecule has 17 heavy (non-hydrogen) atoms. The van der Waals surface area contributed by atoms with Crippen LogP contribution in [0.2, 0.25) is 5.02 Å². The molecule has 0 aliphatic carbocycles. The summed E-state index contributed by atoms with van der Waals surface area (Å²) >= 11 is 11.3. The van der Waals surface area contributed by atoms with E-state index in [4.69, 9.17) is 23.8 Å². The number of aromatic nitrogens is 3. The number of halogens is 1. The number of nitrogens with zero attached hydrogens (tertiary/aromatic N) is 3. The van der Waals surface area contributed by atoms with E-state index in [9.17, 15) is 0 Å². The largest absolute Gasteiger partial charge is 0.300 e. The molecule has 2 aromatic rings. The summed E-state index contributed by atoms with van der Waals surface area (Å²) in [5.41, 5.74) is 1.04. The number of hydrogen-bond donors (Lipinski definition) is 0. The first kappa shape index (κ1) is 12.3. The minimum atomic E-state index is 0.727. The van der Waals surface area contributed by atoms with Gasteiger partial charge in [-0.25, -0.2) is 4.68 Å². The van der Waals surface area contributed by atoms with Crippen LogP contribution in [0.15, 0.2) is 24.3 Å². The fourth-order valence-corrected chi connectivity index (χ4v) is 2.26. The summed E-state index contributed by atoms with van der Waals surface area (Å²) in [5.74, 6) is 0.899. The number of hydrogen-bond acceptors (Lipinski definition) is 2. The predicted molar refractivity (Wildman–Crippen MR) is 72.8 cm³/mol. The lowest BCUT2D eigenvalue weighted by Crippen LogP contribution is -1.99. The maximum atomic E-state index is 5.88.